The number of nitrogens with zero attached hydrogens (tertiary/aromatic N) is 1. The molecular formula is C12H11Cl2FN2O5. The van der Waals surface area contributed by atoms with E-state index >= 15 is 0 Å². The maximum atomic E-state index is 13.4. The number of aromatic amines is 1. The highest BCUT2D eigenvalue weighted by Gasteiger charge is 2.57. The van der Waals surface area contributed by atoms with Crippen molar-refractivity contribution in [2.45, 2.75) is 36.3 Å². The van der Waals surface area contributed by atoms with Crippen LogP contribution in [0.5, 0.6) is 0 Å². The van der Waals surface area contributed by atoms with E-state index in [0.717, 1.165) is 0 Å². The summed E-state index contributed by atoms with van der Waals surface area (Å²) in [6.07, 6.45) is -4.77. The van der Waals surface area contributed by atoms with Crippen LogP contribution in [0.2, 0.25) is 0 Å². The van der Waals surface area contributed by atoms with Crippen molar-refractivity contribution in [3.05, 3.63) is 32.9 Å². The van der Waals surface area contributed by atoms with Crippen LogP contribution in [-0.2, 0) is 4.74 Å². The lowest BCUT2D eigenvalue weighted by molar-refractivity contribution is -0.0775. The maximum Gasteiger partial charge on any atom is 0.330 e. The van der Waals surface area contributed by atoms with Gasteiger partial charge in [0, 0.05) is 5.38 Å². The molecule has 7 nitrogen and oxygen atoms in total. The molecule has 2 heterocycles. The molecule has 0 spiro atoms. The van der Waals surface area contributed by atoms with E-state index in [-0.39, 0.29) is 0 Å². The molecule has 1 aliphatic heterocycles. The second-order valence-electron chi connectivity index (χ2n) is 4.77. The van der Waals surface area contributed by atoms with E-state index in [4.69, 9.17) is 27.9 Å². The smallest absolute Gasteiger partial charge is 0.330 e. The summed E-state index contributed by atoms with van der Waals surface area (Å²) < 4.78 is 19.4. The Bertz CT molecular complexity index is 752. The number of rotatable bonds is 2. The van der Waals surface area contributed by atoms with Crippen LogP contribution < -0.4 is 11.2 Å². The third-order valence-corrected chi connectivity index (χ3v) is 3.88. The van der Waals surface area contributed by atoms with Gasteiger partial charge in [-0.3, -0.25) is 14.3 Å². The summed E-state index contributed by atoms with van der Waals surface area (Å²) >= 11 is 11.5. The van der Waals surface area contributed by atoms with Crippen LogP contribution in [-0.4, -0.2) is 43.0 Å². The fraction of sp³-hybridized carbons (Fsp3) is 0.500. The van der Waals surface area contributed by atoms with Crippen LogP contribution in [0.4, 0.5) is 4.39 Å². The van der Waals surface area contributed by atoms with Gasteiger partial charge in [0.25, 0.3) is 5.56 Å². The van der Waals surface area contributed by atoms with Gasteiger partial charge in [0.2, 0.25) is 5.82 Å². The average Bonchev–Trinajstić information content (AvgIpc) is 2.68. The molecule has 0 bridgehead atoms. The van der Waals surface area contributed by atoms with Crippen LogP contribution in [0.3, 0.4) is 0 Å². The first-order chi connectivity index (χ1) is 10.2. The monoisotopic (exact) mass is 352 g/mol. The van der Waals surface area contributed by atoms with Gasteiger partial charge in [0.05, 0.1) is 12.3 Å². The minimum Gasteiger partial charge on any atom is -0.391 e. The van der Waals surface area contributed by atoms with Crippen LogP contribution >= 0.6 is 23.2 Å². The number of aromatic nitrogens is 2. The fourth-order valence-electron chi connectivity index (χ4n) is 2.20. The summed E-state index contributed by atoms with van der Waals surface area (Å²) in [5.41, 5.74) is -2.23. The molecule has 1 saturated heterocycles. The van der Waals surface area contributed by atoms with E-state index in [1.165, 1.54) is 6.92 Å². The quantitative estimate of drug-likeness (QED) is 0.491. The van der Waals surface area contributed by atoms with Crippen LogP contribution in [0, 0.1) is 17.1 Å². The Labute approximate surface area is 133 Å². The van der Waals surface area contributed by atoms with Gasteiger partial charge in [-0.1, -0.05) is 17.5 Å². The highest BCUT2D eigenvalue weighted by Crippen LogP contribution is 2.43. The minimum absolute atomic E-state index is 0.579. The Morgan fingerprint density at radius 2 is 2.23 bits per heavy atom. The molecule has 5 atom stereocenters. The molecule has 3 N–H and O–H groups in total. The summed E-state index contributed by atoms with van der Waals surface area (Å²) in [5, 5.41) is 21.8. The first-order valence-electron chi connectivity index (χ1n) is 6.06. The van der Waals surface area contributed by atoms with Crippen LogP contribution in [0.25, 0.3) is 0 Å². The molecule has 1 aromatic heterocycles. The van der Waals surface area contributed by atoms with Gasteiger partial charge in [-0.2, -0.15) is 4.39 Å². The van der Waals surface area contributed by atoms with Crippen molar-refractivity contribution >= 4 is 23.2 Å². The average molecular weight is 353 g/mol. The molecule has 0 aromatic carbocycles. The van der Waals surface area contributed by atoms with Crippen molar-refractivity contribution in [1.82, 2.24) is 9.55 Å². The summed E-state index contributed by atoms with van der Waals surface area (Å²) in [5.74, 6) is 1.03. The molecule has 0 amide bonds. The first kappa shape index (κ1) is 17.0. The molecule has 2 rings (SSSR count). The van der Waals surface area contributed by atoms with E-state index in [0.29, 0.717) is 10.8 Å². The lowest BCUT2D eigenvalue weighted by Gasteiger charge is -2.25. The SMILES string of the molecule is C[C@@H](O)[C@H]1O[C@@H](n2cc(F)c(=O)[nH]c2=O)C(Cl)(C#CCl)[C@H]1O. The number of ether oxygens (including phenoxy) is 1. The lowest BCUT2D eigenvalue weighted by atomic mass is 9.97. The van der Waals surface area contributed by atoms with Gasteiger partial charge in [-0.15, -0.1) is 0 Å². The molecule has 1 aliphatic rings. The zero-order valence-corrected chi connectivity index (χ0v) is 12.6. The second kappa shape index (κ2) is 6.02. The normalized spacial score (nSPS) is 32.4. The Hall–Kier alpha value is -1.37. The van der Waals surface area contributed by atoms with E-state index < -0.39 is 46.5 Å². The molecule has 0 aliphatic carbocycles. The van der Waals surface area contributed by atoms with Gasteiger partial charge in [-0.05, 0) is 18.5 Å². The van der Waals surface area contributed by atoms with Gasteiger partial charge in [0.15, 0.2) is 11.1 Å². The predicted molar refractivity (Wildman–Crippen MR) is 75.1 cm³/mol. The summed E-state index contributed by atoms with van der Waals surface area (Å²) in [7, 11) is 0. The second-order valence-corrected chi connectivity index (χ2v) is 5.58. The third-order valence-electron chi connectivity index (χ3n) is 3.28. The molecule has 1 aromatic rings. The largest absolute Gasteiger partial charge is 0.391 e. The molecular weight excluding hydrogens is 342 g/mol. The molecule has 120 valence electrons. The number of hydrogen-bond donors (Lipinski definition) is 3. The molecule has 1 fully saturated rings. The summed E-state index contributed by atoms with van der Waals surface area (Å²) in [4.78, 5) is 22.7. The van der Waals surface area contributed by atoms with E-state index in [2.05, 4.69) is 5.92 Å². The van der Waals surface area contributed by atoms with Crippen molar-refractivity contribution in [2.24, 2.45) is 0 Å². The molecule has 1 unspecified atom stereocenters. The van der Waals surface area contributed by atoms with Crippen LogP contribution in [0.15, 0.2) is 15.8 Å². The van der Waals surface area contributed by atoms with Crippen molar-refractivity contribution in [1.29, 1.82) is 0 Å². The van der Waals surface area contributed by atoms with Crippen LogP contribution in [0.1, 0.15) is 13.2 Å². The topological polar surface area (TPSA) is 105 Å². The summed E-state index contributed by atoms with van der Waals surface area (Å²) in [6, 6.07) is 0. The Kier molecular flexibility index (Phi) is 4.65. The maximum absolute atomic E-state index is 13.4. The zero-order valence-electron chi connectivity index (χ0n) is 11.1. The number of aliphatic hydroxyl groups excluding tert-OH is 2. The predicted octanol–water partition coefficient (Wildman–Crippen LogP) is -0.508. The number of H-pyrrole nitrogens is 1. The standard InChI is InChI=1S/C12H11Cl2FN2O5/c1-5(18)7-8(19)12(14,2-3-13)10(22-7)17-4-6(15)9(20)16-11(17)21/h4-5,7-8,10,18-19H,1H3,(H,16,20,21)/t5-,7-,8+,10-,12?/m1/s1. The zero-order chi connectivity index (χ0) is 16.7. The Balaban J connectivity index is 2.61. The first-order valence-corrected chi connectivity index (χ1v) is 6.82. The van der Waals surface area contributed by atoms with Gasteiger partial charge >= 0.3 is 5.69 Å². The number of halogens is 3. The third kappa shape index (κ3) is 2.66. The van der Waals surface area contributed by atoms with E-state index in [1.807, 2.05) is 5.38 Å². The van der Waals surface area contributed by atoms with E-state index in [9.17, 15) is 24.2 Å². The lowest BCUT2D eigenvalue weighted by Crippen LogP contribution is -2.45. The molecule has 10 heteroatoms. The number of nitrogens with one attached hydrogen (secondary N) is 1. The number of hydrogen-bond acceptors (Lipinski definition) is 5. The minimum atomic E-state index is -1.92. The highest BCUT2D eigenvalue weighted by molar-refractivity contribution is 6.32. The Morgan fingerprint density at radius 1 is 1.59 bits per heavy atom. The van der Waals surface area contributed by atoms with Crippen molar-refractivity contribution in [3.8, 4) is 11.3 Å². The van der Waals surface area contributed by atoms with Gasteiger partial charge in [-0.25, -0.2) is 4.79 Å². The van der Waals surface area contributed by atoms with Crippen molar-refractivity contribution in [3.63, 3.8) is 0 Å². The fourth-order valence-corrected chi connectivity index (χ4v) is 2.73. The van der Waals surface area contributed by atoms with Crippen molar-refractivity contribution < 1.29 is 19.3 Å². The van der Waals surface area contributed by atoms with Gasteiger partial charge < -0.3 is 14.9 Å². The Morgan fingerprint density at radius 3 is 2.77 bits per heavy atom. The number of alkyl halides is 1. The van der Waals surface area contributed by atoms with Gasteiger partial charge in [0.1, 0.15) is 12.2 Å². The molecule has 22 heavy (non-hydrogen) atoms. The van der Waals surface area contributed by atoms with E-state index in [1.54, 1.807) is 4.98 Å². The number of aliphatic hydroxyl groups is 2. The summed E-state index contributed by atoms with van der Waals surface area (Å²) in [6.45, 7) is 1.33. The van der Waals surface area contributed by atoms with Crippen molar-refractivity contribution in [2.75, 3.05) is 0 Å². The molecule has 0 saturated carbocycles. The highest BCUT2D eigenvalue weighted by atomic mass is 35.5. The molecule has 0 radical (unpaired) electrons.